The highest BCUT2D eigenvalue weighted by atomic mass is 16.2. The summed E-state index contributed by atoms with van der Waals surface area (Å²) in [6.45, 7) is 2.26. The van der Waals surface area contributed by atoms with Crippen LogP contribution >= 0.6 is 0 Å². The van der Waals surface area contributed by atoms with Crippen LogP contribution in [0.15, 0.2) is 0 Å². The van der Waals surface area contributed by atoms with Crippen LogP contribution in [-0.4, -0.2) is 66.4 Å². The van der Waals surface area contributed by atoms with Gasteiger partial charge in [-0.3, -0.25) is 4.79 Å². The van der Waals surface area contributed by atoms with E-state index in [0.717, 1.165) is 32.4 Å². The Hall–Kier alpha value is -1.26. The Morgan fingerprint density at radius 1 is 1.09 bits per heavy atom. The highest BCUT2D eigenvalue weighted by molar-refractivity contribution is 5.86. The van der Waals surface area contributed by atoms with Crippen LogP contribution in [0.1, 0.15) is 51.4 Å². The van der Waals surface area contributed by atoms with Crippen molar-refractivity contribution in [2.45, 2.75) is 57.4 Å². The second kappa shape index (κ2) is 6.09. The predicted octanol–water partition coefficient (Wildman–Crippen LogP) is 2.32. The molecule has 1 atom stereocenters. The van der Waals surface area contributed by atoms with Crippen LogP contribution in [0, 0.1) is 5.41 Å². The average Bonchev–Trinajstić information content (AvgIpc) is 2.95. The van der Waals surface area contributed by atoms with E-state index >= 15 is 0 Å². The van der Waals surface area contributed by atoms with Gasteiger partial charge in [0, 0.05) is 39.8 Å². The number of urea groups is 1. The van der Waals surface area contributed by atoms with Gasteiger partial charge >= 0.3 is 6.03 Å². The van der Waals surface area contributed by atoms with Gasteiger partial charge in [-0.15, -0.1) is 0 Å². The summed E-state index contributed by atoms with van der Waals surface area (Å²) in [7, 11) is 3.56. The van der Waals surface area contributed by atoms with Crippen molar-refractivity contribution >= 4 is 11.9 Å². The maximum Gasteiger partial charge on any atom is 0.319 e. The summed E-state index contributed by atoms with van der Waals surface area (Å²) in [5.41, 5.74) is -0.290. The monoisotopic (exact) mass is 307 g/mol. The number of hydrogen-bond acceptors (Lipinski definition) is 2. The van der Waals surface area contributed by atoms with Crippen molar-refractivity contribution in [3.8, 4) is 0 Å². The highest BCUT2D eigenvalue weighted by Crippen LogP contribution is 2.42. The first-order valence-corrected chi connectivity index (χ1v) is 8.81. The summed E-state index contributed by atoms with van der Waals surface area (Å²) in [5.74, 6) is 0.333. The van der Waals surface area contributed by atoms with Gasteiger partial charge in [0.05, 0.1) is 5.41 Å². The fourth-order valence-corrected chi connectivity index (χ4v) is 4.54. The zero-order chi connectivity index (χ0) is 15.7. The van der Waals surface area contributed by atoms with Crippen molar-refractivity contribution in [3.05, 3.63) is 0 Å². The summed E-state index contributed by atoms with van der Waals surface area (Å²) in [6, 6.07) is 0.497. The zero-order valence-electron chi connectivity index (χ0n) is 14.0. The van der Waals surface area contributed by atoms with E-state index in [2.05, 4.69) is 4.90 Å². The normalized spacial score (nSPS) is 30.2. The Kier molecular flexibility index (Phi) is 4.33. The second-order valence-electron chi connectivity index (χ2n) is 7.52. The Balaban J connectivity index is 1.71. The largest absolute Gasteiger partial charge is 0.339 e. The summed E-state index contributed by atoms with van der Waals surface area (Å²) >= 11 is 0. The van der Waals surface area contributed by atoms with Gasteiger partial charge in [0.25, 0.3) is 0 Å². The van der Waals surface area contributed by atoms with Crippen molar-refractivity contribution in [1.29, 1.82) is 0 Å². The molecule has 1 aliphatic carbocycles. The van der Waals surface area contributed by atoms with E-state index in [-0.39, 0.29) is 11.4 Å². The first kappa shape index (κ1) is 15.6. The first-order valence-electron chi connectivity index (χ1n) is 8.81. The molecule has 0 N–H and O–H groups in total. The number of hydrogen-bond donors (Lipinski definition) is 0. The minimum absolute atomic E-state index is 0.0412. The van der Waals surface area contributed by atoms with Gasteiger partial charge in [-0.05, 0) is 32.1 Å². The van der Waals surface area contributed by atoms with Crippen LogP contribution in [0.4, 0.5) is 4.79 Å². The van der Waals surface area contributed by atoms with Crippen LogP contribution < -0.4 is 0 Å². The van der Waals surface area contributed by atoms with Gasteiger partial charge in [-0.25, -0.2) is 4.79 Å². The maximum atomic E-state index is 13.2. The van der Waals surface area contributed by atoms with Gasteiger partial charge in [-0.1, -0.05) is 19.3 Å². The predicted molar refractivity (Wildman–Crippen MR) is 85.5 cm³/mol. The molecule has 2 heterocycles. The molecule has 1 saturated carbocycles. The molecule has 0 unspecified atom stereocenters. The molecule has 0 radical (unpaired) electrons. The van der Waals surface area contributed by atoms with Gasteiger partial charge in [0.1, 0.15) is 0 Å². The molecule has 124 valence electrons. The van der Waals surface area contributed by atoms with Crippen molar-refractivity contribution in [2.24, 2.45) is 5.41 Å². The van der Waals surface area contributed by atoms with Crippen LogP contribution in [0.25, 0.3) is 0 Å². The second-order valence-corrected chi connectivity index (χ2v) is 7.52. The molecular weight excluding hydrogens is 278 g/mol. The molecule has 3 amide bonds. The fraction of sp³-hybridized carbons (Fsp3) is 0.882. The standard InChI is InChI=1S/C17H29N3O2/c1-18(2)16(22)19-12-10-17(13-19)9-6-11-20(15(17)21)14-7-4-3-5-8-14/h14H,3-13H2,1-2H3/t17-/m0/s1. The molecule has 0 aromatic heterocycles. The van der Waals surface area contributed by atoms with Crippen LogP contribution in [-0.2, 0) is 4.79 Å². The molecule has 3 rings (SSSR count). The topological polar surface area (TPSA) is 43.9 Å². The Morgan fingerprint density at radius 2 is 1.82 bits per heavy atom. The van der Waals surface area contributed by atoms with Crippen LogP contribution in [0.2, 0.25) is 0 Å². The van der Waals surface area contributed by atoms with Crippen molar-refractivity contribution in [2.75, 3.05) is 33.7 Å². The quantitative estimate of drug-likeness (QED) is 0.746. The van der Waals surface area contributed by atoms with Crippen molar-refractivity contribution < 1.29 is 9.59 Å². The van der Waals surface area contributed by atoms with E-state index < -0.39 is 0 Å². The van der Waals surface area contributed by atoms with Gasteiger partial charge in [-0.2, -0.15) is 0 Å². The number of nitrogens with zero attached hydrogens (tertiary/aromatic N) is 3. The molecule has 5 heteroatoms. The molecule has 3 aliphatic rings. The van der Waals surface area contributed by atoms with E-state index in [1.54, 1.807) is 19.0 Å². The van der Waals surface area contributed by atoms with E-state index in [1.165, 1.54) is 32.1 Å². The zero-order valence-corrected chi connectivity index (χ0v) is 14.0. The number of piperidine rings is 1. The molecule has 22 heavy (non-hydrogen) atoms. The SMILES string of the molecule is CN(C)C(=O)N1CC[C@@]2(CCCN(C3CCCCC3)C2=O)C1. The Bertz CT molecular complexity index is 445. The molecule has 0 bridgehead atoms. The molecule has 5 nitrogen and oxygen atoms in total. The molecular formula is C17H29N3O2. The van der Waals surface area contributed by atoms with Gasteiger partial charge in [0.2, 0.25) is 5.91 Å². The fourth-order valence-electron chi connectivity index (χ4n) is 4.54. The Labute approximate surface area is 133 Å². The van der Waals surface area contributed by atoms with Gasteiger partial charge < -0.3 is 14.7 Å². The Morgan fingerprint density at radius 3 is 2.50 bits per heavy atom. The maximum absolute atomic E-state index is 13.2. The third kappa shape index (κ3) is 2.70. The number of carbonyl (C=O) groups excluding carboxylic acids is 2. The molecule has 2 aliphatic heterocycles. The van der Waals surface area contributed by atoms with E-state index in [0.29, 0.717) is 18.5 Å². The lowest BCUT2D eigenvalue weighted by atomic mass is 9.77. The van der Waals surface area contributed by atoms with E-state index in [9.17, 15) is 9.59 Å². The first-order chi connectivity index (χ1) is 10.5. The van der Waals surface area contributed by atoms with E-state index in [1.807, 2.05) is 4.90 Å². The minimum atomic E-state index is -0.290. The van der Waals surface area contributed by atoms with E-state index in [4.69, 9.17) is 0 Å². The van der Waals surface area contributed by atoms with Crippen molar-refractivity contribution in [1.82, 2.24) is 14.7 Å². The molecule has 0 aromatic rings. The third-order valence-corrected chi connectivity index (χ3v) is 5.79. The average molecular weight is 307 g/mol. The van der Waals surface area contributed by atoms with Crippen molar-refractivity contribution in [3.63, 3.8) is 0 Å². The summed E-state index contributed by atoms with van der Waals surface area (Å²) in [6.07, 6.45) is 9.05. The smallest absolute Gasteiger partial charge is 0.319 e. The highest BCUT2D eigenvalue weighted by Gasteiger charge is 2.50. The molecule has 3 fully saturated rings. The minimum Gasteiger partial charge on any atom is -0.339 e. The summed E-state index contributed by atoms with van der Waals surface area (Å²) in [5, 5.41) is 0. The van der Waals surface area contributed by atoms with Gasteiger partial charge in [0.15, 0.2) is 0 Å². The summed E-state index contributed by atoms with van der Waals surface area (Å²) in [4.78, 5) is 31.0. The summed E-state index contributed by atoms with van der Waals surface area (Å²) < 4.78 is 0. The van der Waals surface area contributed by atoms with Crippen LogP contribution in [0.5, 0.6) is 0 Å². The third-order valence-electron chi connectivity index (χ3n) is 5.79. The molecule has 2 saturated heterocycles. The number of carbonyl (C=O) groups is 2. The lowest BCUT2D eigenvalue weighted by Crippen LogP contribution is -2.54. The number of likely N-dealkylation sites (tertiary alicyclic amines) is 2. The number of rotatable bonds is 1. The lowest BCUT2D eigenvalue weighted by molar-refractivity contribution is -0.149. The van der Waals surface area contributed by atoms with Crippen LogP contribution in [0.3, 0.4) is 0 Å². The molecule has 0 aromatic carbocycles. The number of amides is 3. The molecule has 1 spiro atoms. The lowest BCUT2D eigenvalue weighted by Gasteiger charge is -2.44.